The fourth-order valence-corrected chi connectivity index (χ4v) is 7.19. The molecule has 0 bridgehead atoms. The molecule has 2 aliphatic heterocycles. The van der Waals surface area contributed by atoms with E-state index in [2.05, 4.69) is 31.1 Å². The van der Waals surface area contributed by atoms with Crippen molar-refractivity contribution in [2.24, 2.45) is 7.05 Å². The number of amides is 3. The van der Waals surface area contributed by atoms with Gasteiger partial charge in [0, 0.05) is 23.9 Å². The first-order valence-electron chi connectivity index (χ1n) is 12.5. The molecule has 1 aromatic carbocycles. The van der Waals surface area contributed by atoms with Gasteiger partial charge in [-0.05, 0) is 33.7 Å². The Morgan fingerprint density at radius 1 is 1.28 bits per heavy atom. The molecule has 3 aromatic rings. The molecular formula is C24H25N9O7S3. The third-order valence-electron chi connectivity index (χ3n) is 6.39. The fourth-order valence-electron chi connectivity index (χ4n) is 4.26. The number of nitrogens with zero attached hydrogens (tertiary/aromatic N) is 6. The average Bonchev–Trinajstić information content (AvgIpc) is 3.63. The number of tetrazole rings is 1. The Bertz CT molecular complexity index is 1580. The molecule has 226 valence electrons. The summed E-state index contributed by atoms with van der Waals surface area (Å²) in [6, 6.07) is 4.53. The second-order valence-electron chi connectivity index (χ2n) is 9.14. The van der Waals surface area contributed by atoms with Gasteiger partial charge in [-0.3, -0.25) is 14.5 Å². The number of nitrogen functional groups attached to an aromatic ring is 1. The Morgan fingerprint density at radius 3 is 2.67 bits per heavy atom. The van der Waals surface area contributed by atoms with Crippen LogP contribution in [0.15, 0.2) is 46.1 Å². The topological polar surface area (TPSA) is 217 Å². The Labute approximate surface area is 256 Å². The van der Waals surface area contributed by atoms with Crippen LogP contribution in [0.4, 0.5) is 9.93 Å². The van der Waals surface area contributed by atoms with Gasteiger partial charge in [-0.25, -0.2) is 19.3 Å². The molecule has 19 heteroatoms. The number of carboxylic acids is 1. The van der Waals surface area contributed by atoms with Gasteiger partial charge in [-0.2, -0.15) is 0 Å². The predicted molar refractivity (Wildman–Crippen MR) is 155 cm³/mol. The van der Waals surface area contributed by atoms with Crippen molar-refractivity contribution in [2.45, 2.75) is 29.2 Å². The van der Waals surface area contributed by atoms with Crippen LogP contribution in [0.3, 0.4) is 0 Å². The highest BCUT2D eigenvalue weighted by molar-refractivity contribution is 8.01. The van der Waals surface area contributed by atoms with Gasteiger partial charge in [-0.15, -0.1) is 28.2 Å². The molecule has 1 saturated heterocycles. The van der Waals surface area contributed by atoms with Gasteiger partial charge < -0.3 is 30.9 Å². The normalized spacial score (nSPS) is 18.4. The fraction of sp³-hybridized carbons (Fsp3) is 0.333. The Morgan fingerprint density at radius 2 is 2.05 bits per heavy atom. The molecule has 4 heterocycles. The lowest BCUT2D eigenvalue weighted by Gasteiger charge is -2.49. The van der Waals surface area contributed by atoms with Crippen molar-refractivity contribution < 1.29 is 33.8 Å². The number of hydrogen-bond donors (Lipinski definition) is 4. The Hall–Kier alpha value is -4.36. The van der Waals surface area contributed by atoms with Crippen molar-refractivity contribution in [2.75, 3.05) is 24.3 Å². The molecular weight excluding hydrogens is 623 g/mol. The van der Waals surface area contributed by atoms with Crippen LogP contribution in [0.2, 0.25) is 0 Å². The van der Waals surface area contributed by atoms with Crippen LogP contribution in [0, 0.1) is 0 Å². The number of nitrogens with two attached hydrogens (primary N) is 1. The monoisotopic (exact) mass is 647 g/mol. The number of hydrogen-bond acceptors (Lipinski definition) is 14. The maximum absolute atomic E-state index is 13.4. The van der Waals surface area contributed by atoms with Gasteiger partial charge >= 0.3 is 12.1 Å². The van der Waals surface area contributed by atoms with Gasteiger partial charge in [-0.1, -0.05) is 23.9 Å². The molecule has 0 aliphatic carbocycles. The van der Waals surface area contributed by atoms with Crippen LogP contribution in [-0.4, -0.2) is 89.1 Å². The summed E-state index contributed by atoms with van der Waals surface area (Å²) >= 11 is 3.63. The number of aryl methyl sites for hydroxylation is 1. The van der Waals surface area contributed by atoms with Crippen molar-refractivity contribution >= 4 is 63.9 Å². The number of aromatic nitrogens is 5. The second-order valence-corrected chi connectivity index (χ2v) is 12.1. The number of nitrogens with one attached hydrogen (secondary N) is 2. The lowest BCUT2D eigenvalue weighted by atomic mass is 10.0. The van der Waals surface area contributed by atoms with Gasteiger partial charge in [0.25, 0.3) is 5.91 Å². The summed E-state index contributed by atoms with van der Waals surface area (Å²) in [7, 11) is 3.20. The van der Waals surface area contributed by atoms with Crippen LogP contribution < -0.4 is 21.1 Å². The SMILES string of the molecule is COc1ccc(COC(=O)NC(C(=O)N[C@H]2C(=O)N3C(C(=O)O)=C(CSc4nnnn4C)CS[C@@H]23)c2csc(N)n2)cc1. The number of anilines is 1. The first-order valence-corrected chi connectivity index (χ1v) is 15.4. The number of alkyl carbamates (subject to hydrolysis) is 1. The van der Waals surface area contributed by atoms with Crippen LogP contribution in [0.5, 0.6) is 5.75 Å². The maximum Gasteiger partial charge on any atom is 0.408 e. The van der Waals surface area contributed by atoms with E-state index in [9.17, 15) is 24.3 Å². The van der Waals surface area contributed by atoms with Crippen molar-refractivity contribution in [3.63, 3.8) is 0 Å². The van der Waals surface area contributed by atoms with E-state index >= 15 is 0 Å². The summed E-state index contributed by atoms with van der Waals surface area (Å²) in [5.41, 5.74) is 7.00. The van der Waals surface area contributed by atoms with Gasteiger partial charge in [0.2, 0.25) is 11.1 Å². The number of ether oxygens (including phenoxy) is 2. The standard InChI is InChI=1S/C24H25N9O7S3/c1-32-23(29-30-31-32)43-9-12-8-41-20-16(19(35)33(20)17(12)21(36)37)27-18(34)15(14-10-42-22(25)26-14)28-24(38)40-7-11-3-5-13(39-2)6-4-11/h3-6,10,15-16,20H,7-9H2,1-2H3,(H2,25,26)(H,27,34)(H,28,38)(H,36,37)/t15?,16-,20-/m0/s1. The van der Waals surface area contributed by atoms with Crippen molar-refractivity contribution in [1.29, 1.82) is 0 Å². The average molecular weight is 648 g/mol. The molecule has 2 aliphatic rings. The number of thiazole rings is 1. The molecule has 16 nitrogen and oxygen atoms in total. The van der Waals surface area contributed by atoms with Crippen LogP contribution in [0.25, 0.3) is 0 Å². The second kappa shape index (κ2) is 12.9. The predicted octanol–water partition coefficient (Wildman–Crippen LogP) is 0.756. The molecule has 5 N–H and O–H groups in total. The van der Waals surface area contributed by atoms with Gasteiger partial charge in [0.1, 0.15) is 29.5 Å². The van der Waals surface area contributed by atoms with Gasteiger partial charge in [0.05, 0.1) is 12.8 Å². The minimum Gasteiger partial charge on any atom is -0.497 e. The highest BCUT2D eigenvalue weighted by Gasteiger charge is 2.54. The highest BCUT2D eigenvalue weighted by atomic mass is 32.2. The number of thioether (sulfide) groups is 2. The Kier molecular flexibility index (Phi) is 9.02. The zero-order valence-corrected chi connectivity index (χ0v) is 25.1. The summed E-state index contributed by atoms with van der Waals surface area (Å²) in [5.74, 6) is -1.37. The third kappa shape index (κ3) is 6.52. The number of carbonyl (C=O) groups excluding carboxylic acids is 3. The number of carboxylic acid groups (broad SMARTS) is 1. The highest BCUT2D eigenvalue weighted by Crippen LogP contribution is 2.41. The first kappa shape index (κ1) is 30.1. The summed E-state index contributed by atoms with van der Waals surface area (Å²) in [4.78, 5) is 56.7. The number of aliphatic carboxylic acids is 1. The summed E-state index contributed by atoms with van der Waals surface area (Å²) < 4.78 is 11.9. The summed E-state index contributed by atoms with van der Waals surface area (Å²) in [6.07, 6.45) is -0.896. The number of rotatable bonds is 11. The molecule has 0 radical (unpaired) electrons. The van der Waals surface area contributed by atoms with Crippen molar-refractivity contribution in [3.05, 3.63) is 52.2 Å². The molecule has 0 spiro atoms. The van der Waals surface area contributed by atoms with E-state index in [-0.39, 0.29) is 28.9 Å². The molecule has 3 amide bonds. The first-order chi connectivity index (χ1) is 20.7. The van der Waals surface area contributed by atoms with E-state index in [4.69, 9.17) is 15.2 Å². The lowest BCUT2D eigenvalue weighted by molar-refractivity contribution is -0.151. The molecule has 3 atom stereocenters. The molecule has 43 heavy (non-hydrogen) atoms. The zero-order valence-electron chi connectivity index (χ0n) is 22.6. The Balaban J connectivity index is 1.25. The van der Waals surface area contributed by atoms with Crippen LogP contribution >= 0.6 is 34.9 Å². The number of β-lactam (4-membered cyclic amide) rings is 1. The van der Waals surface area contributed by atoms with Crippen LogP contribution in [0.1, 0.15) is 17.3 Å². The van der Waals surface area contributed by atoms with E-state index in [0.29, 0.717) is 27.8 Å². The molecule has 5 rings (SSSR count). The molecule has 0 saturated carbocycles. The molecule has 1 fully saturated rings. The maximum atomic E-state index is 13.4. The molecule has 1 unspecified atom stereocenters. The molecule has 2 aromatic heterocycles. The minimum absolute atomic E-state index is 0.0732. The van der Waals surface area contributed by atoms with Crippen molar-refractivity contribution in [1.82, 2.24) is 40.7 Å². The van der Waals surface area contributed by atoms with E-state index in [1.807, 2.05) is 0 Å². The number of methoxy groups -OCH3 is 1. The minimum atomic E-state index is -1.33. The lowest BCUT2D eigenvalue weighted by Crippen LogP contribution is -2.71. The smallest absolute Gasteiger partial charge is 0.408 e. The van der Waals surface area contributed by atoms with E-state index in [1.54, 1.807) is 31.3 Å². The quantitative estimate of drug-likeness (QED) is 0.167. The largest absolute Gasteiger partial charge is 0.497 e. The van der Waals surface area contributed by atoms with E-state index < -0.39 is 41.3 Å². The number of fused-ring (bicyclic) bond motifs is 1. The van der Waals surface area contributed by atoms with E-state index in [0.717, 1.165) is 11.3 Å². The number of benzene rings is 1. The van der Waals surface area contributed by atoms with E-state index in [1.165, 1.54) is 45.6 Å². The zero-order chi connectivity index (χ0) is 30.7. The summed E-state index contributed by atoms with van der Waals surface area (Å²) in [6.45, 7) is -0.0732. The number of carbonyl (C=O) groups is 4. The van der Waals surface area contributed by atoms with Gasteiger partial charge in [0.15, 0.2) is 11.2 Å². The van der Waals surface area contributed by atoms with Crippen LogP contribution in [-0.2, 0) is 32.8 Å². The summed E-state index contributed by atoms with van der Waals surface area (Å²) in [5, 5.41) is 27.8. The third-order valence-corrected chi connectivity index (χ3v) is 9.52. The van der Waals surface area contributed by atoms with Crippen molar-refractivity contribution in [3.8, 4) is 5.75 Å².